The summed E-state index contributed by atoms with van der Waals surface area (Å²) in [7, 11) is 0. The molecular formula is C14H28N2O3. The molecule has 0 aliphatic carbocycles. The minimum absolute atomic E-state index is 0.142. The number of nitrogens with two attached hydrogens (primary N) is 1. The lowest BCUT2D eigenvalue weighted by Crippen LogP contribution is -2.43. The average molecular weight is 272 g/mol. The number of amides is 1. The van der Waals surface area contributed by atoms with Crippen molar-refractivity contribution in [3.63, 3.8) is 0 Å². The number of carboxylic acids is 1. The van der Waals surface area contributed by atoms with Crippen LogP contribution < -0.4 is 11.1 Å². The van der Waals surface area contributed by atoms with E-state index in [2.05, 4.69) is 5.32 Å². The van der Waals surface area contributed by atoms with Crippen molar-refractivity contribution < 1.29 is 14.7 Å². The van der Waals surface area contributed by atoms with Gasteiger partial charge in [0.15, 0.2) is 0 Å². The molecule has 5 heteroatoms. The largest absolute Gasteiger partial charge is 0.480 e. The van der Waals surface area contributed by atoms with Crippen molar-refractivity contribution in [3.05, 3.63) is 0 Å². The third kappa shape index (κ3) is 8.59. The molecule has 3 unspecified atom stereocenters. The van der Waals surface area contributed by atoms with Crippen molar-refractivity contribution in [2.75, 3.05) is 0 Å². The second kappa shape index (κ2) is 8.91. The Bertz CT molecular complexity index is 290. The van der Waals surface area contributed by atoms with Crippen LogP contribution in [0.25, 0.3) is 0 Å². The number of aliphatic carboxylic acids is 1. The number of hydrogen-bond donors (Lipinski definition) is 3. The van der Waals surface area contributed by atoms with Crippen LogP contribution in [0.4, 0.5) is 0 Å². The number of hydrogen-bond acceptors (Lipinski definition) is 3. The van der Waals surface area contributed by atoms with E-state index in [1.54, 1.807) is 0 Å². The second-order valence-electron chi connectivity index (χ2n) is 5.84. The van der Waals surface area contributed by atoms with Gasteiger partial charge >= 0.3 is 5.97 Å². The van der Waals surface area contributed by atoms with E-state index in [1.165, 1.54) is 0 Å². The summed E-state index contributed by atoms with van der Waals surface area (Å²) in [6.45, 7) is 7.64. The minimum atomic E-state index is -0.968. The van der Waals surface area contributed by atoms with E-state index in [0.717, 1.165) is 19.3 Å². The maximum Gasteiger partial charge on any atom is 0.326 e. The topological polar surface area (TPSA) is 92.4 Å². The average Bonchev–Trinajstić information content (AvgIpc) is 2.26. The van der Waals surface area contributed by atoms with Crippen LogP contribution in [-0.4, -0.2) is 29.1 Å². The Kier molecular flexibility index (Phi) is 8.39. The molecule has 0 saturated carbocycles. The standard InChI is InChI=1S/C14H28N2O3/c1-9(2)8-12(14(18)19)16-13(17)10(3)6-5-7-11(4)15/h9-12H,5-8,15H2,1-4H3,(H,16,17)(H,18,19). The molecule has 0 spiro atoms. The predicted octanol–water partition coefficient (Wildman–Crippen LogP) is 1.76. The highest BCUT2D eigenvalue weighted by atomic mass is 16.4. The number of rotatable bonds is 9. The van der Waals surface area contributed by atoms with Gasteiger partial charge in [0.2, 0.25) is 5.91 Å². The van der Waals surface area contributed by atoms with Gasteiger partial charge in [-0.2, -0.15) is 0 Å². The number of nitrogens with one attached hydrogen (secondary N) is 1. The monoisotopic (exact) mass is 272 g/mol. The Morgan fingerprint density at radius 1 is 1.16 bits per heavy atom. The van der Waals surface area contributed by atoms with Gasteiger partial charge in [-0.25, -0.2) is 4.79 Å². The van der Waals surface area contributed by atoms with Crippen LogP contribution in [0.3, 0.4) is 0 Å². The van der Waals surface area contributed by atoms with Crippen LogP contribution >= 0.6 is 0 Å². The zero-order chi connectivity index (χ0) is 15.0. The maximum absolute atomic E-state index is 11.9. The Labute approximate surface area is 115 Å². The quantitative estimate of drug-likeness (QED) is 0.596. The molecule has 0 heterocycles. The zero-order valence-electron chi connectivity index (χ0n) is 12.5. The van der Waals surface area contributed by atoms with E-state index in [0.29, 0.717) is 6.42 Å². The first-order valence-electron chi connectivity index (χ1n) is 7.02. The van der Waals surface area contributed by atoms with Gasteiger partial charge < -0.3 is 16.2 Å². The minimum Gasteiger partial charge on any atom is -0.480 e. The SMILES string of the molecule is CC(C)CC(NC(=O)C(C)CCCC(C)N)C(=O)O. The summed E-state index contributed by atoms with van der Waals surface area (Å²) in [5.41, 5.74) is 5.65. The highest BCUT2D eigenvalue weighted by molar-refractivity contribution is 5.84. The molecule has 0 radical (unpaired) electrons. The Morgan fingerprint density at radius 3 is 2.16 bits per heavy atom. The summed E-state index contributed by atoms with van der Waals surface area (Å²) >= 11 is 0. The zero-order valence-corrected chi connectivity index (χ0v) is 12.5. The molecule has 0 aromatic carbocycles. The second-order valence-corrected chi connectivity index (χ2v) is 5.84. The molecule has 0 aliphatic rings. The molecule has 112 valence electrons. The first-order chi connectivity index (χ1) is 8.73. The van der Waals surface area contributed by atoms with Gasteiger partial charge in [0.25, 0.3) is 0 Å². The first-order valence-corrected chi connectivity index (χ1v) is 7.02. The van der Waals surface area contributed by atoms with Crippen LogP contribution in [0.5, 0.6) is 0 Å². The van der Waals surface area contributed by atoms with E-state index < -0.39 is 12.0 Å². The van der Waals surface area contributed by atoms with Gasteiger partial charge in [-0.1, -0.05) is 27.2 Å². The van der Waals surface area contributed by atoms with Crippen molar-refractivity contribution in [2.24, 2.45) is 17.6 Å². The number of carbonyl (C=O) groups is 2. The van der Waals surface area contributed by atoms with E-state index in [4.69, 9.17) is 10.8 Å². The van der Waals surface area contributed by atoms with E-state index >= 15 is 0 Å². The molecule has 19 heavy (non-hydrogen) atoms. The number of carboxylic acid groups (broad SMARTS) is 1. The fourth-order valence-electron chi connectivity index (χ4n) is 1.88. The maximum atomic E-state index is 11.9. The third-order valence-electron chi connectivity index (χ3n) is 3.07. The van der Waals surface area contributed by atoms with Gasteiger partial charge in [0.1, 0.15) is 6.04 Å². The van der Waals surface area contributed by atoms with Gasteiger partial charge in [-0.05, 0) is 32.1 Å². The normalized spacial score (nSPS) is 15.9. The molecule has 4 N–H and O–H groups in total. The van der Waals surface area contributed by atoms with E-state index in [1.807, 2.05) is 27.7 Å². The van der Waals surface area contributed by atoms with Crippen molar-refractivity contribution in [1.82, 2.24) is 5.32 Å². The smallest absolute Gasteiger partial charge is 0.326 e. The summed E-state index contributed by atoms with van der Waals surface area (Å²) in [4.78, 5) is 23.0. The molecule has 3 atom stereocenters. The van der Waals surface area contributed by atoms with Crippen molar-refractivity contribution in [2.45, 2.75) is 65.5 Å². The Balaban J connectivity index is 4.20. The van der Waals surface area contributed by atoms with E-state index in [-0.39, 0.29) is 23.8 Å². The van der Waals surface area contributed by atoms with Crippen LogP contribution in [-0.2, 0) is 9.59 Å². The van der Waals surface area contributed by atoms with Gasteiger partial charge in [-0.15, -0.1) is 0 Å². The molecule has 5 nitrogen and oxygen atoms in total. The fourth-order valence-corrected chi connectivity index (χ4v) is 1.88. The van der Waals surface area contributed by atoms with Crippen LogP contribution in [0.2, 0.25) is 0 Å². The van der Waals surface area contributed by atoms with Crippen molar-refractivity contribution >= 4 is 11.9 Å². The molecule has 0 bridgehead atoms. The fraction of sp³-hybridized carbons (Fsp3) is 0.857. The molecule has 0 aromatic rings. The molecule has 0 rings (SSSR count). The molecule has 0 aromatic heterocycles. The lowest BCUT2D eigenvalue weighted by atomic mass is 9.99. The highest BCUT2D eigenvalue weighted by Gasteiger charge is 2.23. The molecule has 0 saturated heterocycles. The van der Waals surface area contributed by atoms with Crippen LogP contribution in [0.1, 0.15) is 53.4 Å². The van der Waals surface area contributed by atoms with Crippen LogP contribution in [0, 0.1) is 11.8 Å². The summed E-state index contributed by atoms with van der Waals surface area (Å²) in [6.07, 6.45) is 2.95. The molecular weight excluding hydrogens is 244 g/mol. The highest BCUT2D eigenvalue weighted by Crippen LogP contribution is 2.11. The Morgan fingerprint density at radius 2 is 1.74 bits per heavy atom. The number of carbonyl (C=O) groups excluding carboxylic acids is 1. The molecule has 0 aliphatic heterocycles. The summed E-state index contributed by atoms with van der Waals surface area (Å²) in [5.74, 6) is -1.09. The third-order valence-corrected chi connectivity index (χ3v) is 3.07. The van der Waals surface area contributed by atoms with Gasteiger partial charge in [-0.3, -0.25) is 4.79 Å². The summed E-state index contributed by atoms with van der Waals surface area (Å²) in [5, 5.41) is 11.7. The van der Waals surface area contributed by atoms with E-state index in [9.17, 15) is 9.59 Å². The Hall–Kier alpha value is -1.10. The van der Waals surface area contributed by atoms with Gasteiger partial charge in [0.05, 0.1) is 0 Å². The van der Waals surface area contributed by atoms with Crippen LogP contribution in [0.15, 0.2) is 0 Å². The molecule has 0 fully saturated rings. The first kappa shape index (κ1) is 17.9. The van der Waals surface area contributed by atoms with Gasteiger partial charge in [0, 0.05) is 12.0 Å². The predicted molar refractivity (Wildman–Crippen MR) is 75.7 cm³/mol. The summed E-state index contributed by atoms with van der Waals surface area (Å²) < 4.78 is 0. The summed E-state index contributed by atoms with van der Waals surface area (Å²) in [6, 6.07) is -0.647. The lowest BCUT2D eigenvalue weighted by molar-refractivity contribution is -0.142. The lowest BCUT2D eigenvalue weighted by Gasteiger charge is -2.19. The van der Waals surface area contributed by atoms with Crippen molar-refractivity contribution in [3.8, 4) is 0 Å². The molecule has 1 amide bonds. The van der Waals surface area contributed by atoms with Crippen molar-refractivity contribution in [1.29, 1.82) is 0 Å².